The zero-order valence-electron chi connectivity index (χ0n) is 8.49. The monoisotopic (exact) mass is 219 g/mol. The van der Waals surface area contributed by atoms with Crippen LogP contribution >= 0.6 is 0 Å². The highest BCUT2D eigenvalue weighted by molar-refractivity contribution is 5.74. The van der Waals surface area contributed by atoms with Gasteiger partial charge in [0, 0.05) is 30.4 Å². The highest BCUT2D eigenvalue weighted by atomic mass is 16.6. The first-order valence-electron chi connectivity index (χ1n) is 4.48. The molecule has 0 radical (unpaired) electrons. The SMILES string of the molecule is Cn1ncnc1-c1cc([N+](=O)[O-])ccc1N. The Morgan fingerprint density at radius 3 is 2.81 bits per heavy atom. The number of anilines is 1. The molecule has 1 heterocycles. The van der Waals surface area contributed by atoms with Crippen LogP contribution in [0.3, 0.4) is 0 Å². The van der Waals surface area contributed by atoms with Crippen molar-refractivity contribution in [3.8, 4) is 11.4 Å². The van der Waals surface area contributed by atoms with Crippen LogP contribution in [0.1, 0.15) is 0 Å². The molecule has 0 fully saturated rings. The molecule has 2 rings (SSSR count). The lowest BCUT2D eigenvalue weighted by molar-refractivity contribution is -0.384. The van der Waals surface area contributed by atoms with Gasteiger partial charge in [0.05, 0.1) is 4.92 Å². The number of nitrogen functional groups attached to an aromatic ring is 1. The van der Waals surface area contributed by atoms with E-state index in [1.165, 1.54) is 29.2 Å². The molecule has 1 aromatic carbocycles. The van der Waals surface area contributed by atoms with Gasteiger partial charge in [-0.2, -0.15) is 5.10 Å². The minimum atomic E-state index is -0.473. The summed E-state index contributed by atoms with van der Waals surface area (Å²) in [5, 5.41) is 14.5. The van der Waals surface area contributed by atoms with Gasteiger partial charge in [-0.3, -0.25) is 10.1 Å². The molecule has 0 bridgehead atoms. The zero-order chi connectivity index (χ0) is 11.7. The molecule has 0 amide bonds. The highest BCUT2D eigenvalue weighted by Gasteiger charge is 2.13. The fourth-order valence-electron chi connectivity index (χ4n) is 1.39. The van der Waals surface area contributed by atoms with Crippen LogP contribution < -0.4 is 5.73 Å². The predicted molar refractivity (Wildman–Crippen MR) is 57.5 cm³/mol. The second kappa shape index (κ2) is 3.61. The van der Waals surface area contributed by atoms with Crippen molar-refractivity contribution in [3.05, 3.63) is 34.6 Å². The summed E-state index contributed by atoms with van der Waals surface area (Å²) < 4.78 is 1.51. The number of non-ortho nitro benzene ring substituents is 1. The standard InChI is InChI=1S/C9H9N5O2/c1-13-9(11-5-12-13)7-4-6(14(15)16)2-3-8(7)10/h2-5H,10H2,1H3. The van der Waals surface area contributed by atoms with Crippen LogP contribution in [-0.4, -0.2) is 19.7 Å². The van der Waals surface area contributed by atoms with E-state index >= 15 is 0 Å². The van der Waals surface area contributed by atoms with Gasteiger partial charge in [-0.05, 0) is 6.07 Å². The van der Waals surface area contributed by atoms with Crippen molar-refractivity contribution in [1.29, 1.82) is 0 Å². The normalized spacial score (nSPS) is 10.3. The van der Waals surface area contributed by atoms with Crippen molar-refractivity contribution in [2.75, 3.05) is 5.73 Å². The number of aryl methyl sites for hydroxylation is 1. The summed E-state index contributed by atoms with van der Waals surface area (Å²) in [6, 6.07) is 4.23. The number of hydrogen-bond acceptors (Lipinski definition) is 5. The third-order valence-corrected chi connectivity index (χ3v) is 2.20. The molecule has 0 aliphatic rings. The summed E-state index contributed by atoms with van der Waals surface area (Å²) in [6.45, 7) is 0. The zero-order valence-corrected chi connectivity index (χ0v) is 8.49. The number of rotatable bonds is 2. The Labute approximate surface area is 90.7 Å². The molecule has 2 aromatic rings. The minimum absolute atomic E-state index is 0.0211. The molecule has 0 aliphatic carbocycles. The first-order chi connectivity index (χ1) is 7.59. The number of nitro benzene ring substituents is 1. The van der Waals surface area contributed by atoms with Crippen molar-refractivity contribution in [1.82, 2.24) is 14.8 Å². The van der Waals surface area contributed by atoms with E-state index in [2.05, 4.69) is 10.1 Å². The van der Waals surface area contributed by atoms with Crippen molar-refractivity contribution in [2.45, 2.75) is 0 Å². The second-order valence-electron chi connectivity index (χ2n) is 3.24. The molecule has 0 atom stereocenters. The summed E-state index contributed by atoms with van der Waals surface area (Å²) in [5.74, 6) is 0.501. The minimum Gasteiger partial charge on any atom is -0.398 e. The molecule has 16 heavy (non-hydrogen) atoms. The second-order valence-corrected chi connectivity index (χ2v) is 3.24. The smallest absolute Gasteiger partial charge is 0.270 e. The molecule has 82 valence electrons. The Hall–Kier alpha value is -2.44. The molecular weight excluding hydrogens is 210 g/mol. The quantitative estimate of drug-likeness (QED) is 0.461. The van der Waals surface area contributed by atoms with E-state index in [1.54, 1.807) is 7.05 Å². The van der Waals surface area contributed by atoms with E-state index in [4.69, 9.17) is 5.73 Å². The lowest BCUT2D eigenvalue weighted by Gasteiger charge is -2.04. The Bertz CT molecular complexity index is 549. The average molecular weight is 219 g/mol. The largest absolute Gasteiger partial charge is 0.398 e. The molecule has 0 spiro atoms. The van der Waals surface area contributed by atoms with Crippen molar-refractivity contribution in [3.63, 3.8) is 0 Å². The van der Waals surface area contributed by atoms with Crippen LogP contribution in [0.15, 0.2) is 24.5 Å². The van der Waals surface area contributed by atoms with E-state index in [0.29, 0.717) is 17.1 Å². The van der Waals surface area contributed by atoms with E-state index in [0.717, 1.165) is 0 Å². The first kappa shape index (κ1) is 10.1. The molecule has 7 nitrogen and oxygen atoms in total. The molecular formula is C9H9N5O2. The number of aromatic nitrogens is 3. The van der Waals surface area contributed by atoms with Crippen molar-refractivity contribution < 1.29 is 4.92 Å². The lowest BCUT2D eigenvalue weighted by atomic mass is 10.1. The van der Waals surface area contributed by atoms with Crippen LogP contribution in [0.25, 0.3) is 11.4 Å². The van der Waals surface area contributed by atoms with Gasteiger partial charge in [0.2, 0.25) is 0 Å². The molecule has 0 unspecified atom stereocenters. The van der Waals surface area contributed by atoms with Gasteiger partial charge in [-0.25, -0.2) is 9.67 Å². The van der Waals surface area contributed by atoms with Gasteiger partial charge in [0.15, 0.2) is 5.82 Å². The maximum Gasteiger partial charge on any atom is 0.270 e. The molecule has 1 aromatic heterocycles. The maximum absolute atomic E-state index is 10.6. The summed E-state index contributed by atoms with van der Waals surface area (Å²) in [4.78, 5) is 14.2. The number of nitro groups is 1. The molecule has 0 aliphatic heterocycles. The number of benzene rings is 1. The van der Waals surface area contributed by atoms with Gasteiger partial charge >= 0.3 is 0 Å². The highest BCUT2D eigenvalue weighted by Crippen LogP contribution is 2.27. The van der Waals surface area contributed by atoms with Crippen LogP contribution in [0.2, 0.25) is 0 Å². The van der Waals surface area contributed by atoms with E-state index in [-0.39, 0.29) is 5.69 Å². The van der Waals surface area contributed by atoms with Crippen LogP contribution in [-0.2, 0) is 7.05 Å². The molecule has 2 N–H and O–H groups in total. The van der Waals surface area contributed by atoms with Gasteiger partial charge in [0.25, 0.3) is 5.69 Å². The Balaban J connectivity index is 2.60. The number of nitrogens with two attached hydrogens (primary N) is 1. The third-order valence-electron chi connectivity index (χ3n) is 2.20. The molecule has 0 saturated heterocycles. The fourth-order valence-corrected chi connectivity index (χ4v) is 1.39. The fraction of sp³-hybridized carbons (Fsp3) is 0.111. The summed E-state index contributed by atoms with van der Waals surface area (Å²) in [7, 11) is 1.70. The van der Waals surface area contributed by atoms with E-state index in [9.17, 15) is 10.1 Å². The summed E-state index contributed by atoms with van der Waals surface area (Å²) >= 11 is 0. The van der Waals surface area contributed by atoms with Gasteiger partial charge in [-0.1, -0.05) is 0 Å². The Morgan fingerprint density at radius 1 is 1.50 bits per heavy atom. The number of hydrogen-bond donors (Lipinski definition) is 1. The van der Waals surface area contributed by atoms with Crippen LogP contribution in [0, 0.1) is 10.1 Å². The van der Waals surface area contributed by atoms with Gasteiger partial charge < -0.3 is 5.73 Å². The molecule has 0 saturated carbocycles. The summed E-state index contributed by atoms with van der Waals surface area (Å²) in [6.07, 6.45) is 1.37. The first-order valence-corrected chi connectivity index (χ1v) is 4.48. The maximum atomic E-state index is 10.6. The van der Waals surface area contributed by atoms with Crippen LogP contribution in [0.5, 0.6) is 0 Å². The van der Waals surface area contributed by atoms with Crippen molar-refractivity contribution >= 4 is 11.4 Å². The van der Waals surface area contributed by atoms with Crippen molar-refractivity contribution in [2.24, 2.45) is 7.05 Å². The Kier molecular flexibility index (Phi) is 2.28. The van der Waals surface area contributed by atoms with E-state index < -0.39 is 4.92 Å². The van der Waals surface area contributed by atoms with Crippen LogP contribution in [0.4, 0.5) is 11.4 Å². The van der Waals surface area contributed by atoms with Gasteiger partial charge in [0.1, 0.15) is 6.33 Å². The Morgan fingerprint density at radius 2 is 2.25 bits per heavy atom. The lowest BCUT2D eigenvalue weighted by Crippen LogP contribution is -1.99. The number of nitrogens with zero attached hydrogens (tertiary/aromatic N) is 4. The third kappa shape index (κ3) is 1.58. The topological polar surface area (TPSA) is 99.9 Å². The van der Waals surface area contributed by atoms with Gasteiger partial charge in [-0.15, -0.1) is 0 Å². The predicted octanol–water partition coefficient (Wildman–Crippen LogP) is 0.972. The summed E-state index contributed by atoms with van der Waals surface area (Å²) in [5.41, 5.74) is 6.67. The average Bonchev–Trinajstić information content (AvgIpc) is 2.65. The molecule has 7 heteroatoms. The van der Waals surface area contributed by atoms with E-state index in [1.807, 2.05) is 0 Å².